The summed E-state index contributed by atoms with van der Waals surface area (Å²) in [6.07, 6.45) is 14.5. The molecule has 0 aliphatic heterocycles. The number of unbranched alkanes of at least 4 members (excludes halogenated alkanes) is 6. The monoisotopic (exact) mass is 460 g/mol. The number of rotatable bonds is 18. The molecule has 5 heteroatoms. The molecular formula is C28H42F2N2O. The maximum Gasteiger partial charge on any atom is 0.159 e. The second kappa shape index (κ2) is 16.6. The topological polar surface area (TPSA) is 35.0 Å². The van der Waals surface area contributed by atoms with Crippen molar-refractivity contribution in [1.29, 1.82) is 0 Å². The Morgan fingerprint density at radius 3 is 2.03 bits per heavy atom. The molecule has 0 saturated carbocycles. The van der Waals surface area contributed by atoms with Crippen molar-refractivity contribution in [1.82, 2.24) is 9.97 Å². The first-order chi connectivity index (χ1) is 16.1. The molecule has 0 fully saturated rings. The zero-order valence-electron chi connectivity index (χ0n) is 20.6. The Labute approximate surface area is 199 Å². The summed E-state index contributed by atoms with van der Waals surface area (Å²) in [4.78, 5) is 9.01. The molecule has 0 amide bonds. The Morgan fingerprint density at radius 1 is 0.727 bits per heavy atom. The highest BCUT2D eigenvalue weighted by Crippen LogP contribution is 2.21. The molecule has 1 aromatic carbocycles. The summed E-state index contributed by atoms with van der Waals surface area (Å²) in [5.41, 5.74) is 2.08. The van der Waals surface area contributed by atoms with E-state index in [1.165, 1.54) is 44.1 Å². The van der Waals surface area contributed by atoms with Crippen LogP contribution in [0.3, 0.4) is 0 Å². The molecule has 3 nitrogen and oxygen atoms in total. The van der Waals surface area contributed by atoms with E-state index in [0.29, 0.717) is 37.3 Å². The molecule has 0 spiro atoms. The highest BCUT2D eigenvalue weighted by atomic mass is 19.1. The molecular weight excluding hydrogens is 418 g/mol. The third kappa shape index (κ3) is 11.6. The van der Waals surface area contributed by atoms with Gasteiger partial charge in [-0.15, -0.1) is 0 Å². The first kappa shape index (κ1) is 27.2. The van der Waals surface area contributed by atoms with Crippen molar-refractivity contribution in [2.24, 2.45) is 0 Å². The van der Waals surface area contributed by atoms with E-state index in [2.05, 4.69) is 23.8 Å². The van der Waals surface area contributed by atoms with Crippen molar-refractivity contribution in [2.45, 2.75) is 110 Å². The van der Waals surface area contributed by atoms with E-state index in [4.69, 9.17) is 4.74 Å². The Hall–Kier alpha value is -2.04. The molecule has 0 bridgehead atoms. The van der Waals surface area contributed by atoms with Crippen molar-refractivity contribution in [3.8, 4) is 17.1 Å². The van der Waals surface area contributed by atoms with E-state index in [1.807, 2.05) is 36.7 Å². The van der Waals surface area contributed by atoms with E-state index in [9.17, 15) is 8.78 Å². The van der Waals surface area contributed by atoms with Gasteiger partial charge >= 0.3 is 0 Å². The lowest BCUT2D eigenvalue weighted by molar-refractivity contribution is 0.178. The molecule has 2 aromatic rings. The van der Waals surface area contributed by atoms with Gasteiger partial charge in [-0.25, -0.2) is 18.7 Å². The molecule has 0 saturated heterocycles. The Balaban J connectivity index is 1.68. The lowest BCUT2D eigenvalue weighted by Gasteiger charge is -2.12. The van der Waals surface area contributed by atoms with Crippen molar-refractivity contribution >= 4 is 0 Å². The molecule has 2 atom stereocenters. The van der Waals surface area contributed by atoms with Crippen LogP contribution < -0.4 is 4.74 Å². The first-order valence-electron chi connectivity index (χ1n) is 12.9. The van der Waals surface area contributed by atoms with E-state index in [1.54, 1.807) is 0 Å². The SMILES string of the molecule is CCCCCCCCc1cnc(-c2ccc(OCC(F)CCCC(F)CCCC)cc2)nc1. The average Bonchev–Trinajstić information content (AvgIpc) is 2.84. The maximum atomic E-state index is 14.1. The van der Waals surface area contributed by atoms with Gasteiger partial charge in [0.2, 0.25) is 0 Å². The van der Waals surface area contributed by atoms with Gasteiger partial charge < -0.3 is 4.74 Å². The minimum Gasteiger partial charge on any atom is -0.491 e. The van der Waals surface area contributed by atoms with Gasteiger partial charge in [-0.05, 0) is 68.4 Å². The second-order valence-corrected chi connectivity index (χ2v) is 9.04. The summed E-state index contributed by atoms with van der Waals surface area (Å²) in [6.45, 7) is 4.28. The van der Waals surface area contributed by atoms with Crippen LogP contribution in [0.4, 0.5) is 8.78 Å². The predicted octanol–water partition coefficient (Wildman–Crippen LogP) is 8.46. The Kier molecular flexibility index (Phi) is 13.6. The van der Waals surface area contributed by atoms with Gasteiger partial charge in [-0.3, -0.25) is 0 Å². The van der Waals surface area contributed by atoms with Crippen LogP contribution in [0.25, 0.3) is 11.4 Å². The highest BCUT2D eigenvalue weighted by Gasteiger charge is 2.11. The van der Waals surface area contributed by atoms with Gasteiger partial charge in [0, 0.05) is 18.0 Å². The molecule has 0 N–H and O–H groups in total. The number of halogens is 2. The van der Waals surface area contributed by atoms with E-state index >= 15 is 0 Å². The van der Waals surface area contributed by atoms with E-state index < -0.39 is 12.3 Å². The fraction of sp³-hybridized carbons (Fsp3) is 0.643. The molecule has 0 radical (unpaired) electrons. The highest BCUT2D eigenvalue weighted by molar-refractivity contribution is 5.55. The minimum atomic E-state index is -1.08. The van der Waals surface area contributed by atoms with E-state index in [0.717, 1.165) is 24.8 Å². The number of benzene rings is 1. The lowest BCUT2D eigenvalue weighted by Crippen LogP contribution is -2.13. The number of aryl methyl sites for hydroxylation is 1. The number of alkyl halides is 2. The standard InChI is InChI=1S/C28H42F2N2O/c1-3-5-7-8-9-10-12-23-20-31-28(32-21-23)24-16-18-27(19-17-24)33-22-26(30)15-11-14-25(29)13-6-4-2/h16-21,25-26H,3-15,22H2,1-2H3. The zero-order valence-corrected chi connectivity index (χ0v) is 20.6. The molecule has 2 unspecified atom stereocenters. The normalized spacial score (nSPS) is 13.1. The number of nitrogens with zero attached hydrogens (tertiary/aromatic N) is 2. The molecule has 0 aliphatic rings. The quantitative estimate of drug-likeness (QED) is 0.209. The summed E-state index contributed by atoms with van der Waals surface area (Å²) in [6, 6.07) is 7.43. The number of hydrogen-bond donors (Lipinski definition) is 0. The number of hydrogen-bond acceptors (Lipinski definition) is 3. The molecule has 33 heavy (non-hydrogen) atoms. The summed E-state index contributed by atoms with van der Waals surface area (Å²) in [7, 11) is 0. The van der Waals surface area contributed by atoms with Crippen LogP contribution in [0.1, 0.15) is 96.5 Å². The summed E-state index contributed by atoms with van der Waals surface area (Å²) >= 11 is 0. The van der Waals surface area contributed by atoms with Gasteiger partial charge in [0.15, 0.2) is 5.82 Å². The van der Waals surface area contributed by atoms with Crippen LogP contribution in [0.5, 0.6) is 5.75 Å². The van der Waals surface area contributed by atoms with Crippen molar-refractivity contribution in [3.05, 3.63) is 42.2 Å². The number of aromatic nitrogens is 2. The fourth-order valence-corrected chi connectivity index (χ4v) is 3.84. The lowest BCUT2D eigenvalue weighted by atomic mass is 10.1. The maximum absolute atomic E-state index is 14.1. The van der Waals surface area contributed by atoms with Crippen LogP contribution in [0, 0.1) is 0 Å². The molecule has 0 aliphatic carbocycles. The van der Waals surface area contributed by atoms with Crippen LogP contribution in [0.15, 0.2) is 36.7 Å². The van der Waals surface area contributed by atoms with Gasteiger partial charge in [0.1, 0.15) is 24.7 Å². The molecule has 1 heterocycles. The Morgan fingerprint density at radius 2 is 1.33 bits per heavy atom. The van der Waals surface area contributed by atoms with Crippen LogP contribution >= 0.6 is 0 Å². The van der Waals surface area contributed by atoms with Crippen LogP contribution in [-0.2, 0) is 6.42 Å². The smallest absolute Gasteiger partial charge is 0.159 e. The van der Waals surface area contributed by atoms with Crippen molar-refractivity contribution < 1.29 is 13.5 Å². The van der Waals surface area contributed by atoms with E-state index in [-0.39, 0.29) is 6.61 Å². The van der Waals surface area contributed by atoms with Crippen molar-refractivity contribution in [2.75, 3.05) is 6.61 Å². The van der Waals surface area contributed by atoms with Gasteiger partial charge in [0.25, 0.3) is 0 Å². The first-order valence-corrected chi connectivity index (χ1v) is 12.9. The van der Waals surface area contributed by atoms with Gasteiger partial charge in [-0.1, -0.05) is 58.8 Å². The second-order valence-electron chi connectivity index (χ2n) is 9.04. The average molecular weight is 461 g/mol. The van der Waals surface area contributed by atoms with Crippen LogP contribution in [0.2, 0.25) is 0 Å². The number of ether oxygens (including phenoxy) is 1. The molecule has 1 aromatic heterocycles. The Bertz CT molecular complexity index is 737. The van der Waals surface area contributed by atoms with Gasteiger partial charge in [0.05, 0.1) is 0 Å². The van der Waals surface area contributed by atoms with Crippen molar-refractivity contribution in [3.63, 3.8) is 0 Å². The predicted molar refractivity (Wildman–Crippen MR) is 133 cm³/mol. The molecule has 2 rings (SSSR count). The molecule has 184 valence electrons. The van der Waals surface area contributed by atoms with Crippen LogP contribution in [-0.4, -0.2) is 28.9 Å². The third-order valence-electron chi connectivity index (χ3n) is 5.97. The third-order valence-corrected chi connectivity index (χ3v) is 5.97. The minimum absolute atomic E-state index is 0.00506. The fourth-order valence-electron chi connectivity index (χ4n) is 3.84. The van der Waals surface area contributed by atoms with Gasteiger partial charge in [-0.2, -0.15) is 0 Å². The summed E-state index contributed by atoms with van der Waals surface area (Å²) < 4.78 is 33.3. The summed E-state index contributed by atoms with van der Waals surface area (Å²) in [5.74, 6) is 1.30. The summed E-state index contributed by atoms with van der Waals surface area (Å²) in [5, 5.41) is 0. The largest absolute Gasteiger partial charge is 0.491 e. The zero-order chi connectivity index (χ0) is 23.7.